The molecular weight excluding hydrogens is 266 g/mol. The second-order valence-electron chi connectivity index (χ2n) is 6.50. The Bertz CT molecular complexity index is 549. The average molecular weight is 289 g/mol. The van der Waals surface area contributed by atoms with E-state index in [1.165, 1.54) is 5.56 Å². The molecule has 0 spiro atoms. The van der Waals surface area contributed by atoms with Crippen molar-refractivity contribution in [2.75, 3.05) is 6.61 Å². The number of carboxylic acids is 1. The fourth-order valence-corrected chi connectivity index (χ4v) is 2.74. The molecule has 114 valence electrons. The zero-order chi connectivity index (χ0) is 15.0. The summed E-state index contributed by atoms with van der Waals surface area (Å²) in [5, 5.41) is 13.1. The van der Waals surface area contributed by atoms with Gasteiger partial charge >= 0.3 is 5.97 Å². The third kappa shape index (κ3) is 3.05. The summed E-state index contributed by atoms with van der Waals surface area (Å²) in [5.41, 5.74) is 1.46. The summed E-state index contributed by atoms with van der Waals surface area (Å²) in [6, 6.07) is 6.26. The van der Waals surface area contributed by atoms with E-state index in [9.17, 15) is 9.90 Å². The number of nitrogens with one attached hydrogen (secondary N) is 1. The monoisotopic (exact) mass is 289 g/mol. The van der Waals surface area contributed by atoms with E-state index in [1.54, 1.807) is 0 Å². The Morgan fingerprint density at radius 2 is 2.00 bits per heavy atom. The lowest BCUT2D eigenvalue weighted by molar-refractivity contribution is -0.147. The van der Waals surface area contributed by atoms with E-state index in [4.69, 9.17) is 4.74 Å². The molecule has 3 rings (SSSR count). The maximum absolute atomic E-state index is 11.9. The number of hydrogen-bond donors (Lipinski definition) is 2. The Morgan fingerprint density at radius 1 is 1.29 bits per heavy atom. The Balaban J connectivity index is 1.74. The van der Waals surface area contributed by atoms with Crippen molar-refractivity contribution in [3.8, 4) is 5.75 Å². The van der Waals surface area contributed by atoms with Crippen LogP contribution in [0.2, 0.25) is 0 Å². The van der Waals surface area contributed by atoms with Crippen molar-refractivity contribution in [1.29, 1.82) is 0 Å². The Labute approximate surface area is 125 Å². The SMILES string of the molecule is Cc1ccc(OCC(NC2CC2)(C(=O)O)C2CC2)cc1C. The number of aryl methyl sites for hydroxylation is 2. The minimum absolute atomic E-state index is 0.196. The van der Waals surface area contributed by atoms with Crippen LogP contribution in [0.1, 0.15) is 36.8 Å². The molecule has 2 fully saturated rings. The maximum Gasteiger partial charge on any atom is 0.327 e. The van der Waals surface area contributed by atoms with Crippen LogP contribution in [0, 0.1) is 19.8 Å². The topological polar surface area (TPSA) is 58.6 Å². The van der Waals surface area contributed by atoms with Crippen molar-refractivity contribution in [3.63, 3.8) is 0 Å². The first-order chi connectivity index (χ1) is 10.0. The molecule has 0 bridgehead atoms. The van der Waals surface area contributed by atoms with E-state index in [0.29, 0.717) is 6.04 Å². The van der Waals surface area contributed by atoms with Gasteiger partial charge in [-0.15, -0.1) is 0 Å². The van der Waals surface area contributed by atoms with Crippen LogP contribution in [0.25, 0.3) is 0 Å². The van der Waals surface area contributed by atoms with Gasteiger partial charge in [0.1, 0.15) is 12.4 Å². The normalized spacial score (nSPS) is 20.9. The smallest absolute Gasteiger partial charge is 0.327 e. The van der Waals surface area contributed by atoms with Crippen LogP contribution in [0.5, 0.6) is 5.75 Å². The molecule has 21 heavy (non-hydrogen) atoms. The van der Waals surface area contributed by atoms with Gasteiger partial charge in [0, 0.05) is 6.04 Å². The molecule has 0 radical (unpaired) electrons. The van der Waals surface area contributed by atoms with Gasteiger partial charge in [0.2, 0.25) is 0 Å². The predicted octanol–water partition coefficient (Wildman–Crippen LogP) is 2.67. The summed E-state index contributed by atoms with van der Waals surface area (Å²) in [4.78, 5) is 11.9. The van der Waals surface area contributed by atoms with Crippen LogP contribution in [-0.4, -0.2) is 29.3 Å². The molecule has 2 aliphatic rings. The van der Waals surface area contributed by atoms with E-state index in [0.717, 1.165) is 37.0 Å². The van der Waals surface area contributed by atoms with Crippen molar-refractivity contribution in [1.82, 2.24) is 5.32 Å². The summed E-state index contributed by atoms with van der Waals surface area (Å²) in [5.74, 6) is 0.171. The van der Waals surface area contributed by atoms with Gasteiger partial charge in [0.05, 0.1) is 0 Å². The molecule has 4 heteroatoms. The molecule has 0 amide bonds. The van der Waals surface area contributed by atoms with E-state index < -0.39 is 11.5 Å². The highest BCUT2D eigenvalue weighted by atomic mass is 16.5. The van der Waals surface area contributed by atoms with Gasteiger partial charge in [-0.25, -0.2) is 0 Å². The van der Waals surface area contributed by atoms with Crippen molar-refractivity contribution < 1.29 is 14.6 Å². The van der Waals surface area contributed by atoms with Crippen molar-refractivity contribution >= 4 is 5.97 Å². The average Bonchev–Trinajstić information content (AvgIpc) is 3.31. The third-order valence-electron chi connectivity index (χ3n) is 4.64. The lowest BCUT2D eigenvalue weighted by Crippen LogP contribution is -2.59. The first-order valence-electron chi connectivity index (χ1n) is 7.72. The first-order valence-corrected chi connectivity index (χ1v) is 7.72. The Kier molecular flexibility index (Phi) is 3.66. The number of carboxylic acid groups (broad SMARTS) is 1. The molecule has 0 aromatic heterocycles. The zero-order valence-electron chi connectivity index (χ0n) is 12.7. The van der Waals surface area contributed by atoms with E-state index in [1.807, 2.05) is 25.1 Å². The van der Waals surface area contributed by atoms with Gasteiger partial charge in [-0.3, -0.25) is 10.1 Å². The van der Waals surface area contributed by atoms with E-state index in [2.05, 4.69) is 12.2 Å². The van der Waals surface area contributed by atoms with Gasteiger partial charge < -0.3 is 9.84 Å². The van der Waals surface area contributed by atoms with Gasteiger partial charge in [-0.05, 0) is 68.7 Å². The summed E-state index contributed by atoms with van der Waals surface area (Å²) in [7, 11) is 0. The number of rotatable bonds is 7. The van der Waals surface area contributed by atoms with Crippen LogP contribution >= 0.6 is 0 Å². The summed E-state index contributed by atoms with van der Waals surface area (Å²) < 4.78 is 5.86. The lowest BCUT2D eigenvalue weighted by atomic mass is 9.94. The summed E-state index contributed by atoms with van der Waals surface area (Å²) >= 11 is 0. The highest BCUT2D eigenvalue weighted by Gasteiger charge is 2.54. The predicted molar refractivity (Wildman–Crippen MR) is 80.7 cm³/mol. The number of aliphatic carboxylic acids is 1. The largest absolute Gasteiger partial charge is 0.491 e. The standard InChI is InChI=1S/C17H23NO3/c1-11-3-8-15(9-12(11)2)21-10-17(16(19)20,13-4-5-13)18-14-6-7-14/h3,8-9,13-14,18H,4-7,10H2,1-2H3,(H,19,20). The third-order valence-corrected chi connectivity index (χ3v) is 4.64. The number of benzene rings is 1. The molecular formula is C17H23NO3. The second kappa shape index (κ2) is 5.34. The van der Waals surface area contributed by atoms with Gasteiger partial charge in [0.25, 0.3) is 0 Å². The highest BCUT2D eigenvalue weighted by Crippen LogP contribution is 2.42. The zero-order valence-corrected chi connectivity index (χ0v) is 12.7. The molecule has 0 saturated heterocycles. The van der Waals surface area contributed by atoms with Crippen LogP contribution in [0.3, 0.4) is 0 Å². The lowest BCUT2D eigenvalue weighted by Gasteiger charge is -2.31. The van der Waals surface area contributed by atoms with Crippen LogP contribution in [0.15, 0.2) is 18.2 Å². The molecule has 1 unspecified atom stereocenters. The number of carbonyl (C=O) groups is 1. The first kappa shape index (κ1) is 14.4. The molecule has 2 N–H and O–H groups in total. The van der Waals surface area contributed by atoms with Crippen molar-refractivity contribution in [2.24, 2.45) is 5.92 Å². The highest BCUT2D eigenvalue weighted by molar-refractivity contribution is 5.80. The molecule has 2 saturated carbocycles. The fourth-order valence-electron chi connectivity index (χ4n) is 2.74. The quantitative estimate of drug-likeness (QED) is 0.810. The maximum atomic E-state index is 11.9. The summed E-state index contributed by atoms with van der Waals surface area (Å²) in [6.07, 6.45) is 4.10. The Hall–Kier alpha value is -1.55. The molecule has 4 nitrogen and oxygen atoms in total. The van der Waals surface area contributed by atoms with E-state index in [-0.39, 0.29) is 12.5 Å². The molecule has 1 aromatic rings. The molecule has 2 aliphatic carbocycles. The van der Waals surface area contributed by atoms with E-state index >= 15 is 0 Å². The number of ether oxygens (including phenoxy) is 1. The number of hydrogen-bond acceptors (Lipinski definition) is 3. The molecule has 0 aliphatic heterocycles. The van der Waals surface area contributed by atoms with Crippen LogP contribution in [-0.2, 0) is 4.79 Å². The second-order valence-corrected chi connectivity index (χ2v) is 6.50. The van der Waals surface area contributed by atoms with Crippen LogP contribution in [0.4, 0.5) is 0 Å². The molecule has 1 aromatic carbocycles. The molecule has 0 heterocycles. The minimum Gasteiger partial charge on any atom is -0.491 e. The fraction of sp³-hybridized carbons (Fsp3) is 0.588. The van der Waals surface area contributed by atoms with Crippen molar-refractivity contribution in [2.45, 2.75) is 51.1 Å². The Morgan fingerprint density at radius 3 is 2.52 bits per heavy atom. The van der Waals surface area contributed by atoms with Crippen molar-refractivity contribution in [3.05, 3.63) is 29.3 Å². The van der Waals surface area contributed by atoms with Gasteiger partial charge in [-0.1, -0.05) is 6.07 Å². The molecule has 1 atom stereocenters. The van der Waals surface area contributed by atoms with Crippen LogP contribution < -0.4 is 10.1 Å². The minimum atomic E-state index is -0.917. The van der Waals surface area contributed by atoms with Gasteiger partial charge in [0.15, 0.2) is 5.54 Å². The van der Waals surface area contributed by atoms with Gasteiger partial charge in [-0.2, -0.15) is 0 Å². The summed E-state index contributed by atoms with van der Waals surface area (Å²) in [6.45, 7) is 4.29.